The molecule has 4 aliphatic heterocycles. The maximum atomic E-state index is 14.9. The number of nitrogens with one attached hydrogen (secondary N) is 1. The number of hydrogen-bond acceptors (Lipinski definition) is 7. The molecule has 0 aromatic carbocycles. The summed E-state index contributed by atoms with van der Waals surface area (Å²) in [6.07, 6.45) is 7.86. The Hall–Kier alpha value is -2.72. The van der Waals surface area contributed by atoms with E-state index < -0.39 is 53.2 Å². The summed E-state index contributed by atoms with van der Waals surface area (Å²) >= 11 is 0. The van der Waals surface area contributed by atoms with Gasteiger partial charge >= 0.3 is 5.97 Å². The number of cyclic esters (lactones) is 1. The predicted molar refractivity (Wildman–Crippen MR) is 152 cm³/mol. The van der Waals surface area contributed by atoms with Crippen molar-refractivity contribution in [3.05, 3.63) is 24.3 Å². The Balaban J connectivity index is 1.84. The zero-order chi connectivity index (χ0) is 30.3. The van der Waals surface area contributed by atoms with E-state index in [0.717, 1.165) is 0 Å². The summed E-state index contributed by atoms with van der Waals surface area (Å²) in [5, 5.41) is 13.1. The monoisotopic (exact) mass is 573 g/mol. The Morgan fingerprint density at radius 3 is 2.46 bits per heavy atom. The topological polar surface area (TPSA) is 125 Å². The normalized spacial score (nSPS) is 34.5. The van der Waals surface area contributed by atoms with E-state index >= 15 is 0 Å². The molecule has 0 saturated carbocycles. The maximum Gasteiger partial charge on any atom is 0.313 e. The van der Waals surface area contributed by atoms with Gasteiger partial charge in [0, 0.05) is 18.5 Å². The molecule has 10 heteroatoms. The average molecular weight is 574 g/mol. The first kappa shape index (κ1) is 31.2. The zero-order valence-electron chi connectivity index (χ0n) is 25.5. The van der Waals surface area contributed by atoms with E-state index in [9.17, 15) is 24.3 Å². The van der Waals surface area contributed by atoms with Gasteiger partial charge in [0.15, 0.2) is 0 Å². The van der Waals surface area contributed by atoms with Crippen molar-refractivity contribution in [2.24, 2.45) is 17.3 Å². The van der Waals surface area contributed by atoms with Crippen LogP contribution in [-0.2, 0) is 28.7 Å². The maximum absolute atomic E-state index is 14.9. The van der Waals surface area contributed by atoms with Gasteiger partial charge in [0.25, 0.3) is 0 Å². The minimum atomic E-state index is -1.35. The van der Waals surface area contributed by atoms with Crippen molar-refractivity contribution < 1.29 is 33.8 Å². The molecule has 2 saturated heterocycles. The molecule has 7 atom stereocenters. The molecule has 4 rings (SSSR count). The molecular formula is C31H47N3O7. The Labute approximate surface area is 243 Å². The number of carbonyl (C=O) groups is 4. The quantitative estimate of drug-likeness (QED) is 0.382. The van der Waals surface area contributed by atoms with Crippen LogP contribution in [0.2, 0.25) is 0 Å². The third-order valence-electron chi connectivity index (χ3n) is 8.75. The van der Waals surface area contributed by atoms with E-state index in [0.29, 0.717) is 19.3 Å². The van der Waals surface area contributed by atoms with Crippen molar-refractivity contribution in [2.75, 3.05) is 19.7 Å². The van der Waals surface area contributed by atoms with Gasteiger partial charge in [-0.2, -0.15) is 0 Å². The van der Waals surface area contributed by atoms with Gasteiger partial charge in [-0.25, -0.2) is 0 Å². The number of likely N-dealkylation sites (tertiary alicyclic amines) is 1. The second kappa shape index (κ2) is 11.5. The molecule has 0 aromatic heterocycles. The summed E-state index contributed by atoms with van der Waals surface area (Å²) in [5.41, 5.74) is -2.06. The van der Waals surface area contributed by atoms with Crippen LogP contribution in [0.1, 0.15) is 74.1 Å². The van der Waals surface area contributed by atoms with Crippen molar-refractivity contribution in [2.45, 2.75) is 110 Å². The molecule has 0 unspecified atom stereocenters. The van der Waals surface area contributed by atoms with Gasteiger partial charge in [-0.1, -0.05) is 52.0 Å². The van der Waals surface area contributed by atoms with E-state index in [4.69, 9.17) is 9.47 Å². The van der Waals surface area contributed by atoms with E-state index in [1.807, 2.05) is 32.9 Å². The smallest absolute Gasteiger partial charge is 0.313 e. The lowest BCUT2D eigenvalue weighted by Crippen LogP contribution is -2.62. The second-order valence-electron chi connectivity index (χ2n) is 13.8. The van der Waals surface area contributed by atoms with Crippen LogP contribution in [0.25, 0.3) is 0 Å². The van der Waals surface area contributed by atoms with Gasteiger partial charge in [0.2, 0.25) is 17.7 Å². The number of aliphatic hydroxyl groups is 1. The third-order valence-corrected chi connectivity index (χ3v) is 8.75. The first-order valence-corrected chi connectivity index (χ1v) is 14.9. The fourth-order valence-corrected chi connectivity index (χ4v) is 7.32. The summed E-state index contributed by atoms with van der Waals surface area (Å²) in [5.74, 6) is -3.32. The first-order valence-electron chi connectivity index (χ1n) is 14.9. The lowest BCUT2D eigenvalue weighted by atomic mass is 9.74. The van der Waals surface area contributed by atoms with Gasteiger partial charge < -0.3 is 29.7 Å². The molecule has 3 amide bonds. The molecule has 4 aliphatic rings. The molecule has 1 spiro atoms. The Morgan fingerprint density at radius 2 is 1.83 bits per heavy atom. The molecule has 5 bridgehead atoms. The fraction of sp³-hybridized carbons (Fsp3) is 0.742. The van der Waals surface area contributed by atoms with Crippen LogP contribution < -0.4 is 5.32 Å². The summed E-state index contributed by atoms with van der Waals surface area (Å²) in [6.45, 7) is 14.0. The number of fused-ring (bicyclic) bond motifs is 2. The van der Waals surface area contributed by atoms with Crippen molar-refractivity contribution in [1.82, 2.24) is 15.1 Å². The standard InChI is InChI=1S/C31H47N3O7/c1-8-20(17-35)34-25-27(38)33(30(6,7)18-29(3,4)5)15-11-9-10-12-22(36)32-16-19(2)40-28(39)23-21-13-14-31(25,41-21)24(23)26(34)37/h9,11,13-14,19-21,23-25,35H,8,10,12,15-18H2,1-7H3,(H,32,36)/b11-9-/t19-,20+,21+,23-,24-,25+,31-/m1/s1. The molecular weight excluding hydrogens is 526 g/mol. The minimum absolute atomic E-state index is 0.101. The van der Waals surface area contributed by atoms with E-state index in [1.54, 1.807) is 24.0 Å². The summed E-state index contributed by atoms with van der Waals surface area (Å²) in [4.78, 5) is 58.3. The molecule has 2 N–H and O–H groups in total. The van der Waals surface area contributed by atoms with Gasteiger partial charge in [0.1, 0.15) is 23.7 Å². The zero-order valence-corrected chi connectivity index (χ0v) is 25.5. The van der Waals surface area contributed by atoms with Crippen LogP contribution in [0.5, 0.6) is 0 Å². The highest BCUT2D eigenvalue weighted by Crippen LogP contribution is 2.56. The number of allylic oxidation sites excluding steroid dienone is 1. The van der Waals surface area contributed by atoms with E-state index in [1.165, 1.54) is 4.90 Å². The van der Waals surface area contributed by atoms with Crippen LogP contribution in [0, 0.1) is 17.3 Å². The number of esters is 1. The van der Waals surface area contributed by atoms with Gasteiger partial charge in [-0.05, 0) is 45.4 Å². The Kier molecular flexibility index (Phi) is 8.77. The van der Waals surface area contributed by atoms with Gasteiger partial charge in [0.05, 0.1) is 31.2 Å². The van der Waals surface area contributed by atoms with Crippen molar-refractivity contribution in [1.29, 1.82) is 0 Å². The number of amides is 3. The third kappa shape index (κ3) is 5.82. The van der Waals surface area contributed by atoms with Crippen molar-refractivity contribution >= 4 is 23.7 Å². The SMILES string of the molecule is CC[C@@H](CO)N1C(=O)[C@H]2[C@@H]3C(=O)O[C@H](C)CNC(=O)CC/C=C\CN(C(C)(C)CC(C)(C)C)C(=O)[C@H]1[C@@]21C=C[C@@H]3O1. The fourth-order valence-electron chi connectivity index (χ4n) is 7.32. The van der Waals surface area contributed by atoms with Crippen LogP contribution in [-0.4, -0.2) is 93.7 Å². The van der Waals surface area contributed by atoms with Crippen molar-refractivity contribution in [3.63, 3.8) is 0 Å². The van der Waals surface area contributed by atoms with E-state index in [2.05, 4.69) is 26.1 Å². The van der Waals surface area contributed by atoms with Crippen molar-refractivity contribution in [3.8, 4) is 0 Å². The number of nitrogens with zero attached hydrogens (tertiary/aromatic N) is 2. The van der Waals surface area contributed by atoms with Crippen LogP contribution in [0.4, 0.5) is 0 Å². The highest BCUT2D eigenvalue weighted by molar-refractivity contribution is 5.99. The average Bonchev–Trinajstić information content (AvgIpc) is 3.51. The summed E-state index contributed by atoms with van der Waals surface area (Å²) in [7, 11) is 0. The molecule has 0 aliphatic carbocycles. The van der Waals surface area contributed by atoms with Gasteiger partial charge in [-0.15, -0.1) is 0 Å². The molecule has 2 fully saturated rings. The predicted octanol–water partition coefficient (Wildman–Crippen LogP) is 2.35. The number of hydrogen-bond donors (Lipinski definition) is 2. The summed E-state index contributed by atoms with van der Waals surface area (Å²) in [6, 6.07) is -1.67. The molecule has 228 valence electrons. The highest BCUT2D eigenvalue weighted by Gasteiger charge is 2.74. The molecule has 4 heterocycles. The number of carbonyl (C=O) groups excluding carboxylic acids is 4. The summed E-state index contributed by atoms with van der Waals surface area (Å²) < 4.78 is 12.2. The van der Waals surface area contributed by atoms with Crippen LogP contribution >= 0.6 is 0 Å². The minimum Gasteiger partial charge on any atom is -0.460 e. The first-order chi connectivity index (χ1) is 19.2. The number of aliphatic hydroxyl groups excluding tert-OH is 1. The lowest BCUT2D eigenvalue weighted by Gasteiger charge is -2.46. The Morgan fingerprint density at radius 1 is 1.12 bits per heavy atom. The molecule has 41 heavy (non-hydrogen) atoms. The van der Waals surface area contributed by atoms with Gasteiger partial charge in [-0.3, -0.25) is 19.2 Å². The van der Waals surface area contributed by atoms with Crippen LogP contribution in [0.3, 0.4) is 0 Å². The lowest BCUT2D eigenvalue weighted by molar-refractivity contribution is -0.160. The second-order valence-corrected chi connectivity index (χ2v) is 13.8. The molecule has 10 nitrogen and oxygen atoms in total. The van der Waals surface area contributed by atoms with E-state index in [-0.39, 0.29) is 49.3 Å². The van der Waals surface area contributed by atoms with Crippen LogP contribution in [0.15, 0.2) is 24.3 Å². The molecule has 0 radical (unpaired) electrons. The largest absolute Gasteiger partial charge is 0.460 e. The number of rotatable bonds is 5. The molecule has 0 aromatic rings. The number of ether oxygens (including phenoxy) is 2. The highest BCUT2D eigenvalue weighted by atomic mass is 16.6. The Bertz CT molecular complexity index is 1110.